The van der Waals surface area contributed by atoms with Gasteiger partial charge in [-0.1, -0.05) is 12.1 Å². The van der Waals surface area contributed by atoms with Gasteiger partial charge in [-0.25, -0.2) is 4.79 Å². The van der Waals surface area contributed by atoms with Crippen molar-refractivity contribution in [1.82, 2.24) is 0 Å². The average Bonchev–Trinajstić information content (AvgIpc) is 2.53. The first-order chi connectivity index (χ1) is 10.2. The molecule has 4 heteroatoms. The highest BCUT2D eigenvalue weighted by Gasteiger charge is 2.09. The van der Waals surface area contributed by atoms with Crippen molar-refractivity contribution in [3.63, 3.8) is 0 Å². The number of rotatable bonds is 2. The maximum Gasteiger partial charge on any atom is 0.336 e. The monoisotopic (exact) mass is 277 g/mol. The third-order valence-electron chi connectivity index (χ3n) is 3.25. The number of nitrogens with zero attached hydrogens (tertiary/aromatic N) is 1. The summed E-state index contributed by atoms with van der Waals surface area (Å²) in [6.45, 7) is 0. The topological polar surface area (TPSA) is 63.2 Å². The first kappa shape index (κ1) is 12.9. The molecule has 102 valence electrons. The third-order valence-corrected chi connectivity index (χ3v) is 3.25. The van der Waals surface area contributed by atoms with Crippen molar-refractivity contribution in [2.24, 2.45) is 0 Å². The van der Waals surface area contributed by atoms with Crippen molar-refractivity contribution in [3.05, 3.63) is 64.5 Å². The van der Waals surface area contributed by atoms with E-state index in [-0.39, 0.29) is 0 Å². The molecule has 0 saturated heterocycles. The molecule has 1 heterocycles. The molecule has 0 spiro atoms. The Bertz CT molecular complexity index is 919. The lowest BCUT2D eigenvalue weighted by molar-refractivity contribution is 0.415. The van der Waals surface area contributed by atoms with Gasteiger partial charge in [0.1, 0.15) is 11.3 Å². The summed E-state index contributed by atoms with van der Waals surface area (Å²) in [7, 11) is 1.58. The van der Waals surface area contributed by atoms with Crippen LogP contribution < -0.4 is 10.4 Å². The molecule has 3 rings (SSSR count). The zero-order chi connectivity index (χ0) is 14.8. The van der Waals surface area contributed by atoms with Gasteiger partial charge in [0.25, 0.3) is 0 Å². The quantitative estimate of drug-likeness (QED) is 0.674. The maximum absolute atomic E-state index is 11.7. The molecule has 3 aromatic rings. The molecule has 1 aromatic heterocycles. The summed E-state index contributed by atoms with van der Waals surface area (Å²) in [6.07, 6.45) is 0. The zero-order valence-electron chi connectivity index (χ0n) is 11.3. The highest BCUT2D eigenvalue weighted by atomic mass is 16.5. The summed E-state index contributed by atoms with van der Waals surface area (Å²) in [5, 5.41) is 9.78. The molecular formula is C17H11NO3. The van der Waals surface area contributed by atoms with Gasteiger partial charge in [-0.2, -0.15) is 5.26 Å². The Morgan fingerprint density at radius 3 is 2.76 bits per heavy atom. The van der Waals surface area contributed by atoms with Crippen LogP contribution in [0, 0.1) is 11.3 Å². The van der Waals surface area contributed by atoms with Gasteiger partial charge >= 0.3 is 5.63 Å². The summed E-state index contributed by atoms with van der Waals surface area (Å²) in [4.78, 5) is 11.7. The van der Waals surface area contributed by atoms with Gasteiger partial charge in [-0.3, -0.25) is 0 Å². The minimum Gasteiger partial charge on any atom is -0.497 e. The Morgan fingerprint density at radius 2 is 2.00 bits per heavy atom. The van der Waals surface area contributed by atoms with Crippen LogP contribution in [0.15, 0.2) is 57.7 Å². The fraction of sp³-hybridized carbons (Fsp3) is 0.0588. The van der Waals surface area contributed by atoms with Crippen LogP contribution in [0.4, 0.5) is 0 Å². The molecule has 0 aliphatic carbocycles. The molecule has 0 unspecified atom stereocenters. The van der Waals surface area contributed by atoms with Crippen molar-refractivity contribution in [1.29, 1.82) is 5.26 Å². The number of hydrogen-bond donors (Lipinski definition) is 0. The summed E-state index contributed by atoms with van der Waals surface area (Å²) < 4.78 is 10.4. The van der Waals surface area contributed by atoms with Crippen LogP contribution in [0.2, 0.25) is 0 Å². The Morgan fingerprint density at radius 1 is 1.14 bits per heavy atom. The predicted octanol–water partition coefficient (Wildman–Crippen LogP) is 3.34. The van der Waals surface area contributed by atoms with Crippen LogP contribution in [-0.2, 0) is 0 Å². The lowest BCUT2D eigenvalue weighted by Crippen LogP contribution is -1.98. The molecule has 0 N–H and O–H groups in total. The van der Waals surface area contributed by atoms with E-state index in [2.05, 4.69) is 6.07 Å². The number of ether oxygens (including phenoxy) is 1. The van der Waals surface area contributed by atoms with Crippen LogP contribution in [-0.4, -0.2) is 7.11 Å². The first-order valence-corrected chi connectivity index (χ1v) is 6.34. The Hall–Kier alpha value is -3.06. The summed E-state index contributed by atoms with van der Waals surface area (Å²) in [5.41, 5.74) is 2.11. The van der Waals surface area contributed by atoms with Crippen LogP contribution in [0.25, 0.3) is 22.1 Å². The lowest BCUT2D eigenvalue weighted by atomic mass is 10.0. The number of hydrogen-bond acceptors (Lipinski definition) is 4. The normalized spacial score (nSPS) is 10.3. The van der Waals surface area contributed by atoms with E-state index in [4.69, 9.17) is 14.4 Å². The number of benzene rings is 2. The summed E-state index contributed by atoms with van der Waals surface area (Å²) in [6, 6.07) is 15.9. The van der Waals surface area contributed by atoms with Crippen molar-refractivity contribution >= 4 is 11.0 Å². The second-order valence-electron chi connectivity index (χ2n) is 4.53. The van der Waals surface area contributed by atoms with E-state index in [9.17, 15) is 4.79 Å². The number of nitriles is 1. The molecular weight excluding hydrogens is 266 g/mol. The molecule has 0 fully saturated rings. The average molecular weight is 277 g/mol. The molecule has 0 aliphatic heterocycles. The van der Waals surface area contributed by atoms with Gasteiger partial charge in [0.2, 0.25) is 0 Å². The second-order valence-corrected chi connectivity index (χ2v) is 4.53. The van der Waals surface area contributed by atoms with E-state index >= 15 is 0 Å². The first-order valence-electron chi connectivity index (χ1n) is 6.34. The molecule has 0 radical (unpaired) electrons. The fourth-order valence-electron chi connectivity index (χ4n) is 2.26. The largest absolute Gasteiger partial charge is 0.497 e. The van der Waals surface area contributed by atoms with Gasteiger partial charge in [0.05, 0.1) is 18.7 Å². The molecule has 2 aromatic carbocycles. The van der Waals surface area contributed by atoms with Crippen LogP contribution in [0.3, 0.4) is 0 Å². The molecule has 4 nitrogen and oxygen atoms in total. The van der Waals surface area contributed by atoms with Crippen LogP contribution >= 0.6 is 0 Å². The predicted molar refractivity (Wildman–Crippen MR) is 79.2 cm³/mol. The van der Waals surface area contributed by atoms with Gasteiger partial charge in [-0.15, -0.1) is 0 Å². The van der Waals surface area contributed by atoms with Crippen LogP contribution in [0.5, 0.6) is 5.75 Å². The highest BCUT2D eigenvalue weighted by molar-refractivity contribution is 5.94. The van der Waals surface area contributed by atoms with Crippen LogP contribution in [0.1, 0.15) is 5.56 Å². The fourth-order valence-corrected chi connectivity index (χ4v) is 2.26. The van der Waals surface area contributed by atoms with Crippen molar-refractivity contribution in [2.45, 2.75) is 0 Å². The van der Waals surface area contributed by atoms with Gasteiger partial charge < -0.3 is 9.15 Å². The van der Waals surface area contributed by atoms with E-state index in [1.807, 2.05) is 12.1 Å². The maximum atomic E-state index is 11.7. The number of fused-ring (bicyclic) bond motifs is 1. The van der Waals surface area contributed by atoms with E-state index in [0.717, 1.165) is 16.5 Å². The van der Waals surface area contributed by atoms with Crippen molar-refractivity contribution in [2.75, 3.05) is 7.11 Å². The minimum atomic E-state index is -0.426. The molecule has 0 bridgehead atoms. The second kappa shape index (κ2) is 5.14. The van der Waals surface area contributed by atoms with Gasteiger partial charge in [0.15, 0.2) is 0 Å². The van der Waals surface area contributed by atoms with E-state index < -0.39 is 5.63 Å². The van der Waals surface area contributed by atoms with E-state index in [1.165, 1.54) is 6.07 Å². The smallest absolute Gasteiger partial charge is 0.336 e. The van der Waals surface area contributed by atoms with Crippen molar-refractivity contribution in [3.8, 4) is 22.9 Å². The summed E-state index contributed by atoms with van der Waals surface area (Å²) in [5.74, 6) is 0.675. The molecule has 0 amide bonds. The van der Waals surface area contributed by atoms with Gasteiger partial charge in [-0.05, 0) is 35.9 Å². The van der Waals surface area contributed by atoms with E-state index in [1.54, 1.807) is 37.4 Å². The zero-order valence-corrected chi connectivity index (χ0v) is 11.3. The lowest BCUT2D eigenvalue weighted by Gasteiger charge is -2.07. The Labute approximate surface area is 120 Å². The third kappa shape index (κ3) is 2.37. The Kier molecular flexibility index (Phi) is 3.17. The standard InChI is InChI=1S/C17H11NO3/c1-20-13-5-6-16-15(8-13)14(9-17(19)21-16)12-4-2-3-11(7-12)10-18/h2-9H,1H3. The molecule has 0 saturated carbocycles. The Balaban J connectivity index is 2.34. The molecule has 0 atom stereocenters. The highest BCUT2D eigenvalue weighted by Crippen LogP contribution is 2.30. The summed E-state index contributed by atoms with van der Waals surface area (Å²) >= 11 is 0. The minimum absolute atomic E-state index is 0.426. The van der Waals surface area contributed by atoms with Gasteiger partial charge in [0, 0.05) is 17.0 Å². The molecule has 21 heavy (non-hydrogen) atoms. The van der Waals surface area contributed by atoms with E-state index in [0.29, 0.717) is 16.9 Å². The SMILES string of the molecule is COc1ccc2oc(=O)cc(-c3cccc(C#N)c3)c2c1. The number of methoxy groups -OCH3 is 1. The molecule has 0 aliphatic rings. The van der Waals surface area contributed by atoms with Crippen molar-refractivity contribution < 1.29 is 9.15 Å².